The lowest BCUT2D eigenvalue weighted by Crippen LogP contribution is -2.35. The van der Waals surface area contributed by atoms with Crippen LogP contribution in [0.1, 0.15) is 17.2 Å². The number of nitrogens with zero attached hydrogens (tertiary/aromatic N) is 3. The van der Waals surface area contributed by atoms with Crippen LogP contribution in [0.5, 0.6) is 17.4 Å². The fourth-order valence-corrected chi connectivity index (χ4v) is 2.83. The Bertz CT molecular complexity index is 708. The number of hydrogen-bond donors (Lipinski definition) is 1. The molecule has 2 aromatic rings. The third-order valence-corrected chi connectivity index (χ3v) is 3.90. The third kappa shape index (κ3) is 2.75. The van der Waals surface area contributed by atoms with Crippen molar-refractivity contribution in [1.29, 1.82) is 0 Å². The van der Waals surface area contributed by atoms with Crippen LogP contribution in [-0.2, 0) is 6.54 Å². The Morgan fingerprint density at radius 2 is 1.83 bits per heavy atom. The molecule has 23 heavy (non-hydrogen) atoms. The number of aliphatic hydroxyl groups excluding tert-OH is 1. The van der Waals surface area contributed by atoms with Gasteiger partial charge in [-0.2, -0.15) is 4.98 Å². The normalized spacial score (nSPS) is 16.7. The van der Waals surface area contributed by atoms with E-state index in [-0.39, 0.29) is 0 Å². The van der Waals surface area contributed by atoms with Gasteiger partial charge >= 0.3 is 0 Å². The van der Waals surface area contributed by atoms with Crippen molar-refractivity contribution in [1.82, 2.24) is 9.97 Å². The van der Waals surface area contributed by atoms with Crippen LogP contribution in [0, 0.1) is 0 Å². The SMILES string of the molecule is COc1ccnc(N2Cc3c(OC)ccc(OC)c3C(O)C2)n1. The number of anilines is 1. The molecule has 1 aliphatic heterocycles. The van der Waals surface area contributed by atoms with Crippen molar-refractivity contribution >= 4 is 5.95 Å². The number of methoxy groups -OCH3 is 3. The van der Waals surface area contributed by atoms with Gasteiger partial charge in [0.05, 0.1) is 34.4 Å². The fraction of sp³-hybridized carbons (Fsp3) is 0.375. The van der Waals surface area contributed by atoms with E-state index in [1.807, 2.05) is 11.0 Å². The lowest BCUT2D eigenvalue weighted by molar-refractivity contribution is 0.169. The maximum absolute atomic E-state index is 10.6. The first-order valence-electron chi connectivity index (χ1n) is 7.21. The second kappa shape index (κ2) is 6.29. The van der Waals surface area contributed by atoms with Crippen molar-refractivity contribution in [2.75, 3.05) is 32.8 Å². The van der Waals surface area contributed by atoms with Crippen LogP contribution in [0.3, 0.4) is 0 Å². The molecule has 2 heterocycles. The summed E-state index contributed by atoms with van der Waals surface area (Å²) in [4.78, 5) is 10.5. The molecule has 3 rings (SSSR count). The summed E-state index contributed by atoms with van der Waals surface area (Å²) in [6.45, 7) is 0.879. The van der Waals surface area contributed by atoms with Gasteiger partial charge in [-0.15, -0.1) is 0 Å². The Hall–Kier alpha value is -2.54. The quantitative estimate of drug-likeness (QED) is 0.917. The smallest absolute Gasteiger partial charge is 0.229 e. The lowest BCUT2D eigenvalue weighted by Gasteiger charge is -2.33. The van der Waals surface area contributed by atoms with Crippen LogP contribution in [0.4, 0.5) is 5.95 Å². The van der Waals surface area contributed by atoms with E-state index in [2.05, 4.69) is 9.97 Å². The Labute approximate surface area is 134 Å². The van der Waals surface area contributed by atoms with Crippen LogP contribution in [0.2, 0.25) is 0 Å². The average Bonchev–Trinajstić information content (AvgIpc) is 2.60. The summed E-state index contributed by atoms with van der Waals surface area (Å²) in [5.41, 5.74) is 1.63. The van der Waals surface area contributed by atoms with E-state index in [9.17, 15) is 5.11 Å². The zero-order valence-electron chi connectivity index (χ0n) is 13.3. The second-order valence-corrected chi connectivity index (χ2v) is 5.16. The number of benzene rings is 1. The first-order chi connectivity index (χ1) is 11.2. The molecular weight excluding hydrogens is 298 g/mol. The molecule has 7 heteroatoms. The van der Waals surface area contributed by atoms with Crippen molar-refractivity contribution in [2.24, 2.45) is 0 Å². The topological polar surface area (TPSA) is 76.9 Å². The average molecular weight is 317 g/mol. The molecule has 1 aromatic carbocycles. The monoisotopic (exact) mass is 317 g/mol. The number of ether oxygens (including phenoxy) is 3. The molecule has 0 radical (unpaired) electrons. The van der Waals surface area contributed by atoms with Gasteiger partial charge in [-0.3, -0.25) is 0 Å². The molecular formula is C16H19N3O4. The third-order valence-electron chi connectivity index (χ3n) is 3.90. The minimum Gasteiger partial charge on any atom is -0.496 e. The lowest BCUT2D eigenvalue weighted by atomic mass is 9.95. The van der Waals surface area contributed by atoms with Crippen LogP contribution in [-0.4, -0.2) is 42.9 Å². The highest BCUT2D eigenvalue weighted by molar-refractivity contribution is 5.54. The fourth-order valence-electron chi connectivity index (χ4n) is 2.83. The largest absolute Gasteiger partial charge is 0.496 e. The molecule has 7 nitrogen and oxygen atoms in total. The van der Waals surface area contributed by atoms with Gasteiger partial charge in [0, 0.05) is 23.4 Å². The zero-order valence-corrected chi connectivity index (χ0v) is 13.3. The highest BCUT2D eigenvalue weighted by Crippen LogP contribution is 2.40. The molecule has 0 bridgehead atoms. The van der Waals surface area contributed by atoms with Gasteiger partial charge in [-0.25, -0.2) is 4.98 Å². The van der Waals surface area contributed by atoms with Crippen LogP contribution in [0.15, 0.2) is 24.4 Å². The molecule has 0 fully saturated rings. The predicted molar refractivity (Wildman–Crippen MR) is 84.1 cm³/mol. The van der Waals surface area contributed by atoms with Gasteiger partial charge in [-0.1, -0.05) is 0 Å². The number of rotatable bonds is 4. The highest BCUT2D eigenvalue weighted by atomic mass is 16.5. The summed E-state index contributed by atoms with van der Waals surface area (Å²) in [5.74, 6) is 2.33. The predicted octanol–water partition coefficient (Wildman–Crippen LogP) is 1.56. The minimum atomic E-state index is -0.724. The molecule has 122 valence electrons. The van der Waals surface area contributed by atoms with E-state index in [0.717, 1.165) is 11.1 Å². The van der Waals surface area contributed by atoms with Gasteiger partial charge in [0.2, 0.25) is 11.8 Å². The molecule has 1 N–H and O–H groups in total. The molecule has 1 aliphatic rings. The van der Waals surface area contributed by atoms with Crippen molar-refractivity contribution in [3.05, 3.63) is 35.5 Å². The summed E-state index contributed by atoms with van der Waals surface area (Å²) < 4.78 is 15.9. The van der Waals surface area contributed by atoms with Crippen LogP contribution < -0.4 is 19.1 Å². The summed E-state index contributed by atoms with van der Waals surface area (Å²) in [7, 11) is 4.75. The Morgan fingerprint density at radius 1 is 1.09 bits per heavy atom. The standard InChI is InChI=1S/C16H19N3O4/c1-21-12-4-5-13(22-2)15-10(12)8-19(9-11(15)20)16-17-7-6-14(18-16)23-3/h4-7,11,20H,8-9H2,1-3H3. The Morgan fingerprint density at radius 3 is 2.52 bits per heavy atom. The summed E-state index contributed by atoms with van der Waals surface area (Å²) in [6, 6.07) is 5.32. The number of aliphatic hydroxyl groups is 1. The van der Waals surface area contributed by atoms with Gasteiger partial charge in [0.25, 0.3) is 0 Å². The summed E-state index contributed by atoms with van der Waals surface area (Å²) >= 11 is 0. The molecule has 0 aliphatic carbocycles. The second-order valence-electron chi connectivity index (χ2n) is 5.16. The van der Waals surface area contributed by atoms with Crippen molar-refractivity contribution in [3.63, 3.8) is 0 Å². The first-order valence-corrected chi connectivity index (χ1v) is 7.21. The van der Waals surface area contributed by atoms with E-state index >= 15 is 0 Å². The first kappa shape index (κ1) is 15.4. The van der Waals surface area contributed by atoms with Gasteiger partial charge in [0.1, 0.15) is 17.6 Å². The molecule has 0 amide bonds. The molecule has 0 saturated heterocycles. The molecule has 1 unspecified atom stereocenters. The van der Waals surface area contributed by atoms with E-state index in [0.29, 0.717) is 36.4 Å². The highest BCUT2D eigenvalue weighted by Gasteiger charge is 2.30. The molecule has 0 spiro atoms. The van der Waals surface area contributed by atoms with E-state index < -0.39 is 6.10 Å². The summed E-state index contributed by atoms with van der Waals surface area (Å²) in [5, 5.41) is 10.6. The maximum Gasteiger partial charge on any atom is 0.229 e. The maximum atomic E-state index is 10.6. The van der Waals surface area contributed by atoms with Gasteiger partial charge < -0.3 is 24.2 Å². The Balaban J connectivity index is 2.02. The van der Waals surface area contributed by atoms with Crippen LogP contribution in [0.25, 0.3) is 0 Å². The van der Waals surface area contributed by atoms with Gasteiger partial charge in [-0.05, 0) is 12.1 Å². The van der Waals surface area contributed by atoms with Crippen molar-refractivity contribution in [2.45, 2.75) is 12.6 Å². The van der Waals surface area contributed by atoms with Crippen molar-refractivity contribution < 1.29 is 19.3 Å². The minimum absolute atomic E-state index is 0.365. The summed E-state index contributed by atoms with van der Waals surface area (Å²) in [6.07, 6.45) is 0.907. The number of fused-ring (bicyclic) bond motifs is 1. The Kier molecular flexibility index (Phi) is 4.20. The molecule has 1 atom stereocenters. The van der Waals surface area contributed by atoms with E-state index in [1.54, 1.807) is 39.7 Å². The van der Waals surface area contributed by atoms with Crippen molar-refractivity contribution in [3.8, 4) is 17.4 Å². The number of β-amino-alcohol motifs (C(OH)–C–C–N with tert-alkyl or cyclic N) is 1. The molecule has 0 saturated carbocycles. The number of aromatic nitrogens is 2. The van der Waals surface area contributed by atoms with E-state index in [1.165, 1.54) is 0 Å². The van der Waals surface area contributed by atoms with Gasteiger partial charge in [0.15, 0.2) is 0 Å². The number of hydrogen-bond acceptors (Lipinski definition) is 7. The zero-order chi connectivity index (χ0) is 16.4. The van der Waals surface area contributed by atoms with E-state index in [4.69, 9.17) is 14.2 Å². The van der Waals surface area contributed by atoms with Crippen LogP contribution >= 0.6 is 0 Å². The molecule has 1 aromatic heterocycles.